The fourth-order valence-corrected chi connectivity index (χ4v) is 1.91. The van der Waals surface area contributed by atoms with Gasteiger partial charge in [-0.05, 0) is 30.3 Å². The number of halogens is 1. The lowest BCUT2D eigenvalue weighted by atomic mass is 10.2. The molecule has 0 saturated carbocycles. The standard InChI is InChI=1S/C17H16FN3O4/c1-25-14-7-3-5-12(16(14)23)9-20-21-15(22)10-19-17(24)11-4-2-6-13(18)8-11/h2-9,23H,10H2,1H3,(H,19,24)(H,21,22)/b20-9+. The smallest absolute Gasteiger partial charge is 0.259 e. The number of carbonyl (C=O) groups excluding carboxylic acids is 2. The van der Waals surface area contributed by atoms with Crippen molar-refractivity contribution in [2.45, 2.75) is 0 Å². The van der Waals surface area contributed by atoms with Crippen LogP contribution in [0.5, 0.6) is 11.5 Å². The first-order valence-corrected chi connectivity index (χ1v) is 7.23. The number of aromatic hydroxyl groups is 1. The van der Waals surface area contributed by atoms with E-state index in [1.807, 2.05) is 0 Å². The Kier molecular flexibility index (Phi) is 6.05. The highest BCUT2D eigenvalue weighted by Gasteiger charge is 2.08. The van der Waals surface area contributed by atoms with E-state index in [0.717, 1.165) is 6.07 Å². The number of hydrogen-bond donors (Lipinski definition) is 3. The Morgan fingerprint density at radius 3 is 2.76 bits per heavy atom. The van der Waals surface area contributed by atoms with Crippen molar-refractivity contribution in [2.75, 3.05) is 13.7 Å². The summed E-state index contributed by atoms with van der Waals surface area (Å²) >= 11 is 0. The Bertz CT molecular complexity index is 808. The molecule has 0 unspecified atom stereocenters. The average molecular weight is 345 g/mol. The minimum atomic E-state index is -0.580. The van der Waals surface area contributed by atoms with Crippen molar-refractivity contribution in [1.82, 2.24) is 10.7 Å². The zero-order valence-corrected chi connectivity index (χ0v) is 13.3. The Balaban J connectivity index is 1.86. The maximum Gasteiger partial charge on any atom is 0.259 e. The number of benzene rings is 2. The maximum atomic E-state index is 13.0. The van der Waals surface area contributed by atoms with Gasteiger partial charge in [-0.2, -0.15) is 5.10 Å². The van der Waals surface area contributed by atoms with Crippen molar-refractivity contribution in [3.8, 4) is 11.5 Å². The molecule has 0 aromatic heterocycles. The summed E-state index contributed by atoms with van der Waals surface area (Å²) in [6.45, 7) is -0.337. The van der Waals surface area contributed by atoms with Crippen molar-refractivity contribution in [3.63, 3.8) is 0 Å². The molecule has 8 heteroatoms. The van der Waals surface area contributed by atoms with Crippen LogP contribution in [0.1, 0.15) is 15.9 Å². The molecule has 2 aromatic carbocycles. The highest BCUT2D eigenvalue weighted by Crippen LogP contribution is 2.27. The molecule has 0 bridgehead atoms. The summed E-state index contributed by atoms with van der Waals surface area (Å²) < 4.78 is 18.0. The molecule has 0 aliphatic rings. The summed E-state index contributed by atoms with van der Waals surface area (Å²) in [5.41, 5.74) is 2.66. The van der Waals surface area contributed by atoms with Gasteiger partial charge in [-0.25, -0.2) is 9.82 Å². The number of nitrogens with one attached hydrogen (secondary N) is 2. The molecular weight excluding hydrogens is 329 g/mol. The number of carbonyl (C=O) groups is 2. The van der Waals surface area contributed by atoms with Crippen LogP contribution >= 0.6 is 0 Å². The fraction of sp³-hybridized carbons (Fsp3) is 0.118. The highest BCUT2D eigenvalue weighted by molar-refractivity contribution is 5.96. The quantitative estimate of drug-likeness (QED) is 0.544. The van der Waals surface area contributed by atoms with E-state index in [4.69, 9.17) is 4.74 Å². The van der Waals surface area contributed by atoms with E-state index in [9.17, 15) is 19.1 Å². The number of para-hydroxylation sites is 1. The van der Waals surface area contributed by atoms with E-state index in [1.54, 1.807) is 18.2 Å². The minimum Gasteiger partial charge on any atom is -0.504 e. The van der Waals surface area contributed by atoms with Gasteiger partial charge in [-0.3, -0.25) is 9.59 Å². The lowest BCUT2D eigenvalue weighted by molar-refractivity contribution is -0.120. The van der Waals surface area contributed by atoms with Gasteiger partial charge in [0.1, 0.15) is 5.82 Å². The predicted octanol–water partition coefficient (Wildman–Crippen LogP) is 1.42. The van der Waals surface area contributed by atoms with Crippen LogP contribution in [-0.2, 0) is 4.79 Å². The second-order valence-electron chi connectivity index (χ2n) is 4.88. The Hall–Kier alpha value is -3.42. The van der Waals surface area contributed by atoms with Crippen LogP contribution in [0.3, 0.4) is 0 Å². The number of methoxy groups -OCH3 is 1. The van der Waals surface area contributed by atoms with E-state index in [-0.39, 0.29) is 23.6 Å². The molecule has 3 N–H and O–H groups in total. The van der Waals surface area contributed by atoms with Gasteiger partial charge in [-0.15, -0.1) is 0 Å². The summed E-state index contributed by atoms with van der Waals surface area (Å²) in [5.74, 6) is -1.53. The largest absolute Gasteiger partial charge is 0.504 e. The third-order valence-corrected chi connectivity index (χ3v) is 3.14. The second kappa shape index (κ2) is 8.44. The molecule has 0 saturated heterocycles. The first-order valence-electron chi connectivity index (χ1n) is 7.23. The van der Waals surface area contributed by atoms with Crippen LogP contribution in [0.2, 0.25) is 0 Å². The average Bonchev–Trinajstić information content (AvgIpc) is 2.61. The topological polar surface area (TPSA) is 100 Å². The van der Waals surface area contributed by atoms with Gasteiger partial charge >= 0.3 is 0 Å². The van der Waals surface area contributed by atoms with Gasteiger partial charge < -0.3 is 15.2 Å². The van der Waals surface area contributed by atoms with Gasteiger partial charge in [0, 0.05) is 11.1 Å². The fourth-order valence-electron chi connectivity index (χ4n) is 1.91. The van der Waals surface area contributed by atoms with Crippen molar-refractivity contribution in [1.29, 1.82) is 0 Å². The van der Waals surface area contributed by atoms with Crippen molar-refractivity contribution in [3.05, 3.63) is 59.4 Å². The highest BCUT2D eigenvalue weighted by atomic mass is 19.1. The molecule has 0 aliphatic carbocycles. The molecular formula is C17H16FN3O4. The van der Waals surface area contributed by atoms with Gasteiger partial charge in [0.15, 0.2) is 11.5 Å². The van der Waals surface area contributed by atoms with Crippen LogP contribution in [0.25, 0.3) is 0 Å². The maximum absolute atomic E-state index is 13.0. The number of nitrogens with zero attached hydrogens (tertiary/aromatic N) is 1. The van der Waals surface area contributed by atoms with E-state index in [2.05, 4.69) is 15.8 Å². The summed E-state index contributed by atoms with van der Waals surface area (Å²) in [6, 6.07) is 9.92. The van der Waals surface area contributed by atoms with Gasteiger partial charge in [0.05, 0.1) is 19.9 Å². The van der Waals surface area contributed by atoms with Crippen LogP contribution in [0.15, 0.2) is 47.6 Å². The summed E-state index contributed by atoms with van der Waals surface area (Å²) in [6.07, 6.45) is 1.24. The number of phenolic OH excluding ortho intramolecular Hbond substituents is 1. The zero-order valence-electron chi connectivity index (χ0n) is 13.3. The van der Waals surface area contributed by atoms with Gasteiger partial charge in [0.25, 0.3) is 11.8 Å². The van der Waals surface area contributed by atoms with Crippen molar-refractivity contribution >= 4 is 18.0 Å². The number of phenols is 1. The van der Waals surface area contributed by atoms with E-state index < -0.39 is 17.6 Å². The molecule has 0 spiro atoms. The minimum absolute atomic E-state index is 0.109. The third-order valence-electron chi connectivity index (χ3n) is 3.14. The molecule has 0 heterocycles. The second-order valence-corrected chi connectivity index (χ2v) is 4.88. The molecule has 25 heavy (non-hydrogen) atoms. The molecule has 130 valence electrons. The van der Waals surface area contributed by atoms with Gasteiger partial charge in [0.2, 0.25) is 0 Å². The molecule has 2 aromatic rings. The lowest BCUT2D eigenvalue weighted by Gasteiger charge is -2.05. The monoisotopic (exact) mass is 345 g/mol. The third kappa shape index (κ3) is 5.03. The molecule has 0 fully saturated rings. The first kappa shape index (κ1) is 17.9. The molecule has 2 rings (SSSR count). The SMILES string of the molecule is COc1cccc(/C=N/NC(=O)CNC(=O)c2cccc(F)c2)c1O. The molecule has 7 nitrogen and oxygen atoms in total. The van der Waals surface area contributed by atoms with Crippen LogP contribution < -0.4 is 15.5 Å². The van der Waals surface area contributed by atoms with Crippen LogP contribution in [0, 0.1) is 5.82 Å². The molecule has 0 atom stereocenters. The number of amides is 2. The summed E-state index contributed by atoms with van der Waals surface area (Å²) in [7, 11) is 1.42. The van der Waals surface area contributed by atoms with E-state index in [0.29, 0.717) is 5.56 Å². The number of ether oxygens (including phenoxy) is 1. The normalized spacial score (nSPS) is 10.5. The number of hydrazone groups is 1. The Morgan fingerprint density at radius 1 is 1.28 bits per heavy atom. The molecule has 0 aliphatic heterocycles. The van der Waals surface area contributed by atoms with Crippen molar-refractivity contribution in [2.24, 2.45) is 5.10 Å². The number of rotatable bonds is 6. The Morgan fingerprint density at radius 2 is 2.04 bits per heavy atom. The van der Waals surface area contributed by atoms with E-state index in [1.165, 1.54) is 31.5 Å². The predicted molar refractivity (Wildman–Crippen MR) is 89.1 cm³/mol. The Labute approximate surface area is 143 Å². The summed E-state index contributed by atoms with van der Waals surface area (Å²) in [4.78, 5) is 23.4. The lowest BCUT2D eigenvalue weighted by Crippen LogP contribution is -2.34. The molecule has 0 radical (unpaired) electrons. The zero-order chi connectivity index (χ0) is 18.2. The molecule has 2 amide bonds. The van der Waals surface area contributed by atoms with Crippen LogP contribution in [-0.4, -0.2) is 36.8 Å². The van der Waals surface area contributed by atoms with Crippen LogP contribution in [0.4, 0.5) is 4.39 Å². The van der Waals surface area contributed by atoms with Crippen molar-refractivity contribution < 1.29 is 23.8 Å². The summed E-state index contributed by atoms with van der Waals surface area (Å²) in [5, 5.41) is 15.9. The number of hydrogen-bond acceptors (Lipinski definition) is 5. The van der Waals surface area contributed by atoms with E-state index >= 15 is 0 Å². The van der Waals surface area contributed by atoms with Gasteiger partial charge in [-0.1, -0.05) is 12.1 Å². The first-order chi connectivity index (χ1) is 12.0.